The molecule has 0 fully saturated rings. The zero-order valence-corrected chi connectivity index (χ0v) is 11.0. The van der Waals surface area contributed by atoms with Gasteiger partial charge in [0.25, 0.3) is 0 Å². The number of unbranched alkanes of at least 4 members (excludes halogenated alkanes) is 1. The highest BCUT2D eigenvalue weighted by atomic mass is 16.3. The summed E-state index contributed by atoms with van der Waals surface area (Å²) in [6.45, 7) is 4.07. The van der Waals surface area contributed by atoms with Crippen molar-refractivity contribution < 1.29 is 9.52 Å². The van der Waals surface area contributed by atoms with Gasteiger partial charge in [0.1, 0.15) is 11.9 Å². The van der Waals surface area contributed by atoms with Crippen molar-refractivity contribution in [3.05, 3.63) is 59.0 Å². The molecule has 0 saturated carbocycles. The number of aryl methyl sites for hydroxylation is 2. The Labute approximate surface area is 108 Å². The van der Waals surface area contributed by atoms with Gasteiger partial charge in [0.15, 0.2) is 0 Å². The third-order valence-corrected chi connectivity index (χ3v) is 3.18. The van der Waals surface area contributed by atoms with Gasteiger partial charge in [-0.15, -0.1) is 0 Å². The molecule has 0 aliphatic heterocycles. The summed E-state index contributed by atoms with van der Waals surface area (Å²) in [5.74, 6) is 0.823. The Hall–Kier alpha value is -1.54. The lowest BCUT2D eigenvalue weighted by atomic mass is 10.0. The number of furan rings is 1. The number of hydrogen-bond acceptors (Lipinski definition) is 2. The summed E-state index contributed by atoms with van der Waals surface area (Å²) in [7, 11) is 0. The van der Waals surface area contributed by atoms with E-state index in [1.54, 1.807) is 6.26 Å². The third-order valence-electron chi connectivity index (χ3n) is 3.18. The number of benzene rings is 1. The lowest BCUT2D eigenvalue weighted by Crippen LogP contribution is -1.98. The monoisotopic (exact) mass is 244 g/mol. The smallest absolute Gasteiger partial charge is 0.107 e. The Bertz CT molecular complexity index is 482. The van der Waals surface area contributed by atoms with Crippen molar-refractivity contribution in [2.45, 2.75) is 39.2 Å². The Morgan fingerprint density at radius 3 is 2.44 bits per heavy atom. The Kier molecular flexibility index (Phi) is 4.21. The summed E-state index contributed by atoms with van der Waals surface area (Å²) < 4.78 is 5.22. The average Bonchev–Trinajstić information content (AvgIpc) is 2.83. The van der Waals surface area contributed by atoms with E-state index in [4.69, 9.17) is 4.42 Å². The number of rotatable bonds is 5. The van der Waals surface area contributed by atoms with Crippen LogP contribution < -0.4 is 0 Å². The summed E-state index contributed by atoms with van der Waals surface area (Å²) in [5.41, 5.74) is 3.06. The predicted octanol–water partition coefficient (Wildman–Crippen LogP) is 4.01. The first-order valence-electron chi connectivity index (χ1n) is 6.52. The fourth-order valence-corrected chi connectivity index (χ4v) is 2.05. The van der Waals surface area contributed by atoms with Crippen LogP contribution in [0.15, 0.2) is 41.0 Å². The molecule has 1 atom stereocenters. The van der Waals surface area contributed by atoms with E-state index >= 15 is 0 Å². The first-order valence-corrected chi connectivity index (χ1v) is 6.52. The summed E-state index contributed by atoms with van der Waals surface area (Å²) >= 11 is 0. The van der Waals surface area contributed by atoms with Crippen LogP contribution in [0.4, 0.5) is 0 Å². The molecule has 2 aromatic rings. The topological polar surface area (TPSA) is 33.4 Å². The molecule has 2 heteroatoms. The van der Waals surface area contributed by atoms with Gasteiger partial charge in [-0.1, -0.05) is 37.6 Å². The highest BCUT2D eigenvalue weighted by molar-refractivity contribution is 5.31. The molecule has 2 rings (SSSR count). The van der Waals surface area contributed by atoms with E-state index in [-0.39, 0.29) is 0 Å². The van der Waals surface area contributed by atoms with Crippen molar-refractivity contribution in [3.8, 4) is 0 Å². The zero-order chi connectivity index (χ0) is 13.0. The summed E-state index contributed by atoms with van der Waals surface area (Å²) in [6, 6.07) is 10.1. The normalized spacial score (nSPS) is 12.6. The minimum atomic E-state index is -0.595. The minimum Gasteiger partial charge on any atom is -0.469 e. The molecule has 1 heterocycles. The van der Waals surface area contributed by atoms with Gasteiger partial charge in [-0.3, -0.25) is 0 Å². The van der Waals surface area contributed by atoms with E-state index < -0.39 is 6.10 Å². The highest BCUT2D eigenvalue weighted by Crippen LogP contribution is 2.24. The molecule has 0 radical (unpaired) electrons. The number of aliphatic hydroxyl groups excluding tert-OH is 1. The molecule has 1 N–H and O–H groups in total. The van der Waals surface area contributed by atoms with E-state index in [1.165, 1.54) is 18.4 Å². The molecule has 1 aromatic heterocycles. The van der Waals surface area contributed by atoms with Crippen molar-refractivity contribution in [3.63, 3.8) is 0 Å². The Balaban J connectivity index is 2.09. The van der Waals surface area contributed by atoms with Crippen LogP contribution >= 0.6 is 0 Å². The lowest BCUT2D eigenvalue weighted by Gasteiger charge is -2.09. The van der Waals surface area contributed by atoms with Crippen LogP contribution in [-0.2, 0) is 6.42 Å². The molecule has 96 valence electrons. The van der Waals surface area contributed by atoms with E-state index in [9.17, 15) is 5.11 Å². The zero-order valence-electron chi connectivity index (χ0n) is 11.0. The minimum absolute atomic E-state index is 0.595. The van der Waals surface area contributed by atoms with Gasteiger partial charge < -0.3 is 9.52 Å². The molecular weight excluding hydrogens is 224 g/mol. The van der Waals surface area contributed by atoms with Crippen molar-refractivity contribution in [2.24, 2.45) is 0 Å². The highest BCUT2D eigenvalue weighted by Gasteiger charge is 2.12. The molecule has 0 aliphatic carbocycles. The van der Waals surface area contributed by atoms with Crippen LogP contribution in [0.1, 0.15) is 48.3 Å². The van der Waals surface area contributed by atoms with Crippen molar-refractivity contribution in [2.75, 3.05) is 0 Å². The van der Waals surface area contributed by atoms with Gasteiger partial charge in [-0.25, -0.2) is 0 Å². The lowest BCUT2D eigenvalue weighted by molar-refractivity contribution is 0.219. The van der Waals surface area contributed by atoms with Crippen LogP contribution in [0, 0.1) is 6.92 Å². The molecule has 1 aromatic carbocycles. The van der Waals surface area contributed by atoms with Crippen molar-refractivity contribution in [1.82, 2.24) is 0 Å². The standard InChI is InChI=1S/C16H20O2/c1-3-4-5-13-6-8-14(9-7-13)16(17)15-10-12(2)18-11-15/h6-11,16-17H,3-5H2,1-2H3. The number of aliphatic hydroxyl groups is 1. The maximum absolute atomic E-state index is 10.2. The SMILES string of the molecule is CCCCc1ccc(C(O)c2coc(C)c2)cc1. The predicted molar refractivity (Wildman–Crippen MR) is 72.6 cm³/mol. The van der Waals surface area contributed by atoms with Gasteiger partial charge in [0, 0.05) is 5.56 Å². The van der Waals surface area contributed by atoms with E-state index in [2.05, 4.69) is 19.1 Å². The summed E-state index contributed by atoms with van der Waals surface area (Å²) in [5, 5.41) is 10.2. The maximum Gasteiger partial charge on any atom is 0.107 e. The van der Waals surface area contributed by atoms with Crippen molar-refractivity contribution in [1.29, 1.82) is 0 Å². The molecule has 2 nitrogen and oxygen atoms in total. The molecule has 1 unspecified atom stereocenters. The molecule has 0 saturated heterocycles. The first-order chi connectivity index (χ1) is 8.70. The van der Waals surface area contributed by atoms with Crippen LogP contribution in [0.3, 0.4) is 0 Å². The second kappa shape index (κ2) is 5.87. The van der Waals surface area contributed by atoms with Crippen molar-refractivity contribution >= 4 is 0 Å². The van der Waals surface area contributed by atoms with E-state index in [0.717, 1.165) is 23.3 Å². The quantitative estimate of drug-likeness (QED) is 0.862. The van der Waals surface area contributed by atoms with Gasteiger partial charge in [-0.05, 0) is 37.0 Å². The first kappa shape index (κ1) is 12.9. The van der Waals surface area contributed by atoms with Crippen LogP contribution in [0.25, 0.3) is 0 Å². The van der Waals surface area contributed by atoms with Gasteiger partial charge in [0.2, 0.25) is 0 Å². The van der Waals surface area contributed by atoms with Crippen LogP contribution in [0.2, 0.25) is 0 Å². The van der Waals surface area contributed by atoms with Crippen LogP contribution in [-0.4, -0.2) is 5.11 Å². The summed E-state index contributed by atoms with van der Waals surface area (Å²) in [6.07, 6.45) is 4.55. The van der Waals surface area contributed by atoms with Gasteiger partial charge >= 0.3 is 0 Å². The van der Waals surface area contributed by atoms with E-state index in [0.29, 0.717) is 0 Å². The largest absolute Gasteiger partial charge is 0.469 e. The fourth-order valence-electron chi connectivity index (χ4n) is 2.05. The van der Waals surface area contributed by atoms with E-state index in [1.807, 2.05) is 25.1 Å². The molecule has 18 heavy (non-hydrogen) atoms. The fraction of sp³-hybridized carbons (Fsp3) is 0.375. The number of hydrogen-bond donors (Lipinski definition) is 1. The second-order valence-corrected chi connectivity index (χ2v) is 4.74. The molecule has 0 bridgehead atoms. The third kappa shape index (κ3) is 3.02. The van der Waals surface area contributed by atoms with Gasteiger partial charge in [0.05, 0.1) is 6.26 Å². The maximum atomic E-state index is 10.2. The Morgan fingerprint density at radius 2 is 1.89 bits per heavy atom. The summed E-state index contributed by atoms with van der Waals surface area (Å²) in [4.78, 5) is 0. The molecule has 0 aliphatic rings. The second-order valence-electron chi connectivity index (χ2n) is 4.74. The Morgan fingerprint density at radius 1 is 1.17 bits per heavy atom. The molecule has 0 spiro atoms. The van der Waals surface area contributed by atoms with Gasteiger partial charge in [-0.2, -0.15) is 0 Å². The average molecular weight is 244 g/mol. The molecule has 0 amide bonds. The molecular formula is C16H20O2. The van der Waals surface area contributed by atoms with Crippen LogP contribution in [0.5, 0.6) is 0 Å².